The van der Waals surface area contributed by atoms with Crippen LogP contribution in [0.1, 0.15) is 113 Å². The van der Waals surface area contributed by atoms with Crippen LogP contribution in [0.25, 0.3) is 0 Å². The zero-order valence-electron chi connectivity index (χ0n) is 28.5. The van der Waals surface area contributed by atoms with E-state index in [0.29, 0.717) is 18.3 Å². The maximum absolute atomic E-state index is 12.2. The molecule has 0 aromatic carbocycles. The molecule has 0 aromatic rings. The van der Waals surface area contributed by atoms with Crippen LogP contribution in [0.5, 0.6) is 0 Å². The number of aliphatic hydroxyl groups excluding tert-OH is 6. The molecule has 254 valence electrons. The van der Waals surface area contributed by atoms with E-state index in [1.807, 2.05) is 0 Å². The lowest BCUT2D eigenvalue weighted by Gasteiger charge is -2.70. The number of ether oxygens (including phenoxy) is 2. The predicted octanol–water partition coefficient (Wildman–Crippen LogP) is 4.32. The van der Waals surface area contributed by atoms with Gasteiger partial charge in [-0.05, 0) is 124 Å². The summed E-state index contributed by atoms with van der Waals surface area (Å²) in [4.78, 5) is 0. The quantitative estimate of drug-likeness (QED) is 0.231. The van der Waals surface area contributed by atoms with Crippen LogP contribution in [0.2, 0.25) is 0 Å². The van der Waals surface area contributed by atoms with Crippen molar-refractivity contribution in [1.82, 2.24) is 0 Å². The molecule has 5 rings (SSSR count). The molecule has 8 nitrogen and oxygen atoms in total. The molecule has 0 bridgehead atoms. The van der Waals surface area contributed by atoms with E-state index in [-0.39, 0.29) is 39.6 Å². The third-order valence-corrected chi connectivity index (χ3v) is 14.6. The van der Waals surface area contributed by atoms with Crippen molar-refractivity contribution in [1.29, 1.82) is 0 Å². The number of fused-ring (bicyclic) bond motifs is 5. The Balaban J connectivity index is 1.49. The van der Waals surface area contributed by atoms with Gasteiger partial charge in [0.2, 0.25) is 0 Å². The van der Waals surface area contributed by atoms with Crippen molar-refractivity contribution in [2.24, 2.45) is 45.3 Å². The van der Waals surface area contributed by atoms with Gasteiger partial charge in [-0.15, -0.1) is 0 Å². The third-order valence-electron chi connectivity index (χ3n) is 14.6. The summed E-state index contributed by atoms with van der Waals surface area (Å²) in [5.74, 6) is 0.713. The van der Waals surface area contributed by atoms with Crippen LogP contribution in [0, 0.1) is 45.3 Å². The van der Waals surface area contributed by atoms with Crippen molar-refractivity contribution >= 4 is 0 Å². The maximum Gasteiger partial charge on any atom is 0.187 e. The number of allylic oxidation sites excluding steroid dienone is 2. The molecule has 44 heavy (non-hydrogen) atoms. The summed E-state index contributed by atoms with van der Waals surface area (Å²) in [7, 11) is 0. The van der Waals surface area contributed by atoms with Crippen molar-refractivity contribution in [3.05, 3.63) is 11.6 Å². The van der Waals surface area contributed by atoms with Gasteiger partial charge in [-0.1, -0.05) is 46.3 Å². The zero-order chi connectivity index (χ0) is 32.6. The monoisotopic (exact) mass is 622 g/mol. The van der Waals surface area contributed by atoms with E-state index in [9.17, 15) is 30.6 Å². The van der Waals surface area contributed by atoms with E-state index < -0.39 is 49.0 Å². The van der Waals surface area contributed by atoms with E-state index >= 15 is 0 Å². The van der Waals surface area contributed by atoms with Gasteiger partial charge in [0.15, 0.2) is 6.29 Å². The minimum atomic E-state index is -1.50. The van der Waals surface area contributed by atoms with Crippen LogP contribution in [-0.2, 0) is 9.47 Å². The molecule has 0 unspecified atom stereocenters. The Morgan fingerprint density at radius 2 is 1.52 bits per heavy atom. The summed E-state index contributed by atoms with van der Waals surface area (Å²) in [6.45, 7) is 17.5. The van der Waals surface area contributed by atoms with E-state index in [0.717, 1.165) is 51.4 Å². The van der Waals surface area contributed by atoms with Gasteiger partial charge in [-0.3, -0.25) is 0 Å². The zero-order valence-corrected chi connectivity index (χ0v) is 28.5. The minimum Gasteiger partial charge on any atom is -0.394 e. The third kappa shape index (κ3) is 5.17. The van der Waals surface area contributed by atoms with E-state index in [1.54, 1.807) is 0 Å². The molecular weight excluding hydrogens is 560 g/mol. The van der Waals surface area contributed by atoms with Crippen molar-refractivity contribution in [3.63, 3.8) is 0 Å². The SMILES string of the molecule is CC(C)=CCC[C@@](C)(O[C@@H]1O[C@H](CO)[C@@H](O)[C@H](O)[C@H]1O)[C@@H]1CC[C@]2(C)[C@H]1[C@H](O)C[C@H]1[C@@]3(C)CC[C@H](O)C(C)(C)[C@@H]3CC[C@]12C. The molecule has 1 heterocycles. The van der Waals surface area contributed by atoms with E-state index in [1.165, 1.54) is 5.57 Å². The van der Waals surface area contributed by atoms with E-state index in [2.05, 4.69) is 61.5 Å². The first-order chi connectivity index (χ1) is 20.4. The lowest BCUT2D eigenvalue weighted by atomic mass is 9.35. The second-order valence-electron chi connectivity index (χ2n) is 17.3. The van der Waals surface area contributed by atoms with Crippen LogP contribution < -0.4 is 0 Å². The molecule has 5 aliphatic rings. The molecule has 6 N–H and O–H groups in total. The van der Waals surface area contributed by atoms with Crippen LogP contribution in [-0.4, -0.2) is 85.8 Å². The summed E-state index contributed by atoms with van der Waals surface area (Å²) >= 11 is 0. The molecule has 8 heteroatoms. The maximum atomic E-state index is 12.2. The lowest BCUT2D eigenvalue weighted by molar-refractivity contribution is -0.336. The largest absolute Gasteiger partial charge is 0.394 e. The molecule has 5 fully saturated rings. The highest BCUT2D eigenvalue weighted by Crippen LogP contribution is 2.76. The Bertz CT molecular complexity index is 1070. The fraction of sp³-hybridized carbons (Fsp3) is 0.944. The highest BCUT2D eigenvalue weighted by molar-refractivity contribution is 5.20. The fourth-order valence-electron chi connectivity index (χ4n) is 11.8. The van der Waals surface area contributed by atoms with Gasteiger partial charge in [0.05, 0.1) is 24.4 Å². The summed E-state index contributed by atoms with van der Waals surface area (Å²) in [5, 5.41) is 65.0. The number of hydrogen-bond acceptors (Lipinski definition) is 8. The summed E-state index contributed by atoms with van der Waals surface area (Å²) in [5.41, 5.74) is 0.171. The summed E-state index contributed by atoms with van der Waals surface area (Å²) in [6, 6.07) is 0. The second-order valence-corrected chi connectivity index (χ2v) is 17.3. The van der Waals surface area contributed by atoms with Crippen LogP contribution in [0.15, 0.2) is 11.6 Å². The van der Waals surface area contributed by atoms with Gasteiger partial charge in [0.25, 0.3) is 0 Å². The van der Waals surface area contributed by atoms with Gasteiger partial charge in [-0.25, -0.2) is 0 Å². The topological polar surface area (TPSA) is 140 Å². The van der Waals surface area contributed by atoms with Crippen LogP contribution >= 0.6 is 0 Å². The second kappa shape index (κ2) is 11.8. The van der Waals surface area contributed by atoms with Gasteiger partial charge in [-0.2, -0.15) is 0 Å². The van der Waals surface area contributed by atoms with Crippen molar-refractivity contribution in [2.75, 3.05) is 6.61 Å². The van der Waals surface area contributed by atoms with Crippen LogP contribution in [0.3, 0.4) is 0 Å². The van der Waals surface area contributed by atoms with Gasteiger partial charge in [0.1, 0.15) is 24.4 Å². The molecule has 1 saturated heterocycles. The molecule has 1 aliphatic heterocycles. The summed E-state index contributed by atoms with van der Waals surface area (Å²) in [6.07, 6.45) is 2.60. The Morgan fingerprint density at radius 3 is 2.16 bits per heavy atom. The summed E-state index contributed by atoms with van der Waals surface area (Å²) < 4.78 is 12.6. The number of aliphatic hydroxyl groups is 6. The van der Waals surface area contributed by atoms with Crippen LogP contribution in [0.4, 0.5) is 0 Å². The highest BCUT2D eigenvalue weighted by atomic mass is 16.7. The number of rotatable bonds is 7. The first-order valence-electron chi connectivity index (χ1n) is 17.3. The lowest BCUT2D eigenvalue weighted by Crippen LogP contribution is -2.67. The van der Waals surface area contributed by atoms with Gasteiger partial charge < -0.3 is 40.1 Å². The molecule has 0 radical (unpaired) electrons. The van der Waals surface area contributed by atoms with Crippen molar-refractivity contribution < 1.29 is 40.1 Å². The minimum absolute atomic E-state index is 0.0131. The predicted molar refractivity (Wildman–Crippen MR) is 168 cm³/mol. The molecule has 0 amide bonds. The molecule has 4 saturated carbocycles. The highest BCUT2D eigenvalue weighted by Gasteiger charge is 2.71. The molecule has 0 spiro atoms. The Hall–Kier alpha value is -0.580. The fourth-order valence-corrected chi connectivity index (χ4v) is 11.8. The average Bonchev–Trinajstić information content (AvgIpc) is 3.33. The smallest absolute Gasteiger partial charge is 0.187 e. The standard InChI is InChI=1S/C36H62O8/c1-20(2)10-9-14-36(8,44-31-30(42)29(41)28(40)23(19-37)43-31)21-11-16-35(7)27(21)22(38)18-25-33(5)15-13-26(39)32(3,4)24(33)12-17-34(25,35)6/h10,21-31,37-42H,9,11-19H2,1-8H3/t21-,22-,23-,24+,25+,26+,27-,28-,29+,30-,31+,33+,34-,35-,36-/m1/s1. The van der Waals surface area contributed by atoms with Crippen molar-refractivity contribution in [2.45, 2.75) is 162 Å². The molecule has 15 atom stereocenters. The first kappa shape index (κ1) is 34.7. The molecule has 4 aliphatic carbocycles. The average molecular weight is 623 g/mol. The van der Waals surface area contributed by atoms with Gasteiger partial charge >= 0.3 is 0 Å². The van der Waals surface area contributed by atoms with Crippen molar-refractivity contribution in [3.8, 4) is 0 Å². The van der Waals surface area contributed by atoms with E-state index in [4.69, 9.17) is 9.47 Å². The normalized spacial score (nSPS) is 51.5. The first-order valence-corrected chi connectivity index (χ1v) is 17.3. The number of hydrogen-bond donors (Lipinski definition) is 6. The Labute approximate surface area is 265 Å². The Morgan fingerprint density at radius 1 is 0.864 bits per heavy atom. The molecular formula is C36H62O8. The van der Waals surface area contributed by atoms with Gasteiger partial charge in [0, 0.05) is 0 Å². The molecule has 0 aromatic heterocycles. The Kier molecular flexibility index (Phi) is 9.35.